The van der Waals surface area contributed by atoms with Gasteiger partial charge in [0, 0.05) is 5.56 Å². The third-order valence-corrected chi connectivity index (χ3v) is 2.28. The van der Waals surface area contributed by atoms with E-state index in [0.29, 0.717) is 6.54 Å². The maximum absolute atomic E-state index is 5.51. The standard InChI is InChI=1S/C15H15N.BrH/c1-4-6-7-12-16-15(5-2)14-10-8-13(3)9-11-14;/h2,4,8-11,15-16H,1,12H2,3H3;1H. The van der Waals surface area contributed by atoms with Gasteiger partial charge < -0.3 is 22.3 Å². The van der Waals surface area contributed by atoms with Gasteiger partial charge in [-0.1, -0.05) is 42.3 Å². The second-order valence-electron chi connectivity index (χ2n) is 3.52. The van der Waals surface area contributed by atoms with Gasteiger partial charge in [0.05, 0.1) is 0 Å². The van der Waals surface area contributed by atoms with Crippen LogP contribution in [0.3, 0.4) is 0 Å². The molecule has 0 aromatic heterocycles. The third kappa shape index (κ3) is 5.41. The van der Waals surface area contributed by atoms with Crippen LogP contribution in [0.25, 0.3) is 0 Å². The lowest BCUT2D eigenvalue weighted by molar-refractivity contribution is -0.673. The van der Waals surface area contributed by atoms with Crippen LogP contribution in [0, 0.1) is 31.1 Å². The summed E-state index contributed by atoms with van der Waals surface area (Å²) in [7, 11) is 0. The Morgan fingerprint density at radius 2 is 2.06 bits per heavy atom. The van der Waals surface area contributed by atoms with Crippen molar-refractivity contribution in [2.75, 3.05) is 6.54 Å². The summed E-state index contributed by atoms with van der Waals surface area (Å²) < 4.78 is 0. The van der Waals surface area contributed by atoms with Crippen LogP contribution in [0.5, 0.6) is 0 Å². The molecule has 88 valence electrons. The molecule has 0 spiro atoms. The van der Waals surface area contributed by atoms with Crippen molar-refractivity contribution in [2.45, 2.75) is 13.0 Å². The lowest BCUT2D eigenvalue weighted by atomic mass is 10.1. The van der Waals surface area contributed by atoms with E-state index in [-0.39, 0.29) is 23.0 Å². The van der Waals surface area contributed by atoms with Crippen LogP contribution in [0.2, 0.25) is 0 Å². The minimum absolute atomic E-state index is 0. The predicted octanol–water partition coefficient (Wildman–Crippen LogP) is -1.57. The molecule has 0 aliphatic rings. The Morgan fingerprint density at radius 1 is 1.41 bits per heavy atom. The first kappa shape index (κ1) is 15.5. The Labute approximate surface area is 114 Å². The summed E-state index contributed by atoms with van der Waals surface area (Å²) >= 11 is 0. The van der Waals surface area contributed by atoms with Crippen LogP contribution in [0.15, 0.2) is 36.9 Å². The zero-order valence-corrected chi connectivity index (χ0v) is 11.5. The van der Waals surface area contributed by atoms with Crippen LogP contribution >= 0.6 is 0 Å². The molecule has 0 fully saturated rings. The SMILES string of the molecule is C#CC([NH2+]CC#CC=C)c1ccc(C)cc1.[Br-]. The Morgan fingerprint density at radius 3 is 2.59 bits per heavy atom. The molecule has 1 nitrogen and oxygen atoms in total. The summed E-state index contributed by atoms with van der Waals surface area (Å²) in [5.41, 5.74) is 2.39. The van der Waals surface area contributed by atoms with Gasteiger partial charge in [-0.15, -0.1) is 6.42 Å². The van der Waals surface area contributed by atoms with Crippen LogP contribution in [-0.4, -0.2) is 6.54 Å². The van der Waals surface area contributed by atoms with Gasteiger partial charge in [-0.3, -0.25) is 0 Å². The average Bonchev–Trinajstić information content (AvgIpc) is 2.31. The van der Waals surface area contributed by atoms with Crippen LogP contribution in [-0.2, 0) is 0 Å². The zero-order valence-electron chi connectivity index (χ0n) is 9.91. The topological polar surface area (TPSA) is 16.6 Å². The highest BCUT2D eigenvalue weighted by Gasteiger charge is 2.09. The van der Waals surface area contributed by atoms with E-state index in [1.165, 1.54) is 5.56 Å². The van der Waals surface area contributed by atoms with Gasteiger partial charge in [0.15, 0.2) is 6.04 Å². The zero-order chi connectivity index (χ0) is 11.8. The van der Waals surface area contributed by atoms with Gasteiger partial charge in [-0.05, 0) is 24.8 Å². The van der Waals surface area contributed by atoms with E-state index in [9.17, 15) is 0 Å². The van der Waals surface area contributed by atoms with Gasteiger partial charge in [0.2, 0.25) is 0 Å². The number of benzene rings is 1. The van der Waals surface area contributed by atoms with Gasteiger partial charge in [-0.25, -0.2) is 0 Å². The average molecular weight is 290 g/mol. The molecule has 2 heteroatoms. The first-order valence-corrected chi connectivity index (χ1v) is 5.23. The minimum Gasteiger partial charge on any atom is -1.00 e. The fraction of sp³-hybridized carbons (Fsp3) is 0.200. The summed E-state index contributed by atoms with van der Waals surface area (Å²) in [5.74, 6) is 8.53. The first-order chi connectivity index (χ1) is 7.77. The highest BCUT2D eigenvalue weighted by atomic mass is 79.9. The van der Waals surface area contributed by atoms with E-state index >= 15 is 0 Å². The molecule has 1 aromatic carbocycles. The molecule has 0 saturated heterocycles. The number of allylic oxidation sites excluding steroid dienone is 1. The Kier molecular flexibility index (Phi) is 7.89. The van der Waals surface area contributed by atoms with Gasteiger partial charge >= 0.3 is 0 Å². The third-order valence-electron chi connectivity index (χ3n) is 2.28. The maximum atomic E-state index is 5.51. The van der Waals surface area contributed by atoms with Crippen LogP contribution in [0.4, 0.5) is 0 Å². The van der Waals surface area contributed by atoms with Gasteiger partial charge in [0.25, 0.3) is 0 Å². The molecule has 1 aromatic rings. The second kappa shape index (κ2) is 8.65. The van der Waals surface area contributed by atoms with Crippen LogP contribution in [0.1, 0.15) is 17.2 Å². The molecule has 0 radical (unpaired) electrons. The fourth-order valence-electron chi connectivity index (χ4n) is 1.38. The number of hydrogen-bond acceptors (Lipinski definition) is 0. The summed E-state index contributed by atoms with van der Waals surface area (Å²) in [6, 6.07) is 8.32. The summed E-state index contributed by atoms with van der Waals surface area (Å²) in [6.45, 7) is 6.29. The number of nitrogens with two attached hydrogens (primary N) is 1. The number of quaternary nitrogens is 1. The molecular weight excluding hydrogens is 274 g/mol. The molecule has 0 heterocycles. The van der Waals surface area contributed by atoms with E-state index in [1.54, 1.807) is 6.08 Å². The van der Waals surface area contributed by atoms with Crippen molar-refractivity contribution in [1.29, 1.82) is 0 Å². The fourth-order valence-corrected chi connectivity index (χ4v) is 1.38. The molecule has 0 amide bonds. The normalized spacial score (nSPS) is 10.1. The lowest BCUT2D eigenvalue weighted by Crippen LogP contribution is -3.00. The Balaban J connectivity index is 0.00000256. The molecule has 1 rings (SSSR count). The van der Waals surface area contributed by atoms with E-state index in [1.807, 2.05) is 5.32 Å². The molecule has 0 aliphatic heterocycles. The van der Waals surface area contributed by atoms with Crippen molar-refractivity contribution in [3.63, 3.8) is 0 Å². The van der Waals surface area contributed by atoms with E-state index in [4.69, 9.17) is 6.42 Å². The van der Waals surface area contributed by atoms with Gasteiger partial charge in [-0.2, -0.15) is 0 Å². The van der Waals surface area contributed by atoms with Crippen molar-refractivity contribution in [2.24, 2.45) is 0 Å². The number of hydrogen-bond donors (Lipinski definition) is 1. The second-order valence-corrected chi connectivity index (χ2v) is 3.52. The van der Waals surface area contributed by atoms with Crippen molar-refractivity contribution < 1.29 is 22.3 Å². The molecule has 1 unspecified atom stereocenters. The van der Waals surface area contributed by atoms with Crippen molar-refractivity contribution in [3.8, 4) is 24.2 Å². The van der Waals surface area contributed by atoms with E-state index in [0.717, 1.165) is 5.56 Å². The van der Waals surface area contributed by atoms with Crippen molar-refractivity contribution >= 4 is 0 Å². The number of terminal acetylenes is 1. The van der Waals surface area contributed by atoms with E-state index < -0.39 is 0 Å². The number of halogens is 1. The smallest absolute Gasteiger partial charge is 0.174 e. The van der Waals surface area contributed by atoms with Crippen molar-refractivity contribution in [1.82, 2.24) is 0 Å². The molecular formula is C15H16BrN. The summed E-state index contributed by atoms with van der Waals surface area (Å²) in [4.78, 5) is 0. The molecule has 0 aliphatic carbocycles. The molecule has 0 saturated carbocycles. The number of rotatable bonds is 3. The highest BCUT2D eigenvalue weighted by molar-refractivity contribution is 5.26. The quantitative estimate of drug-likeness (QED) is 0.648. The number of aryl methyl sites for hydroxylation is 1. The maximum Gasteiger partial charge on any atom is 0.174 e. The van der Waals surface area contributed by atoms with Gasteiger partial charge in [0.1, 0.15) is 6.54 Å². The van der Waals surface area contributed by atoms with Crippen LogP contribution < -0.4 is 22.3 Å². The highest BCUT2D eigenvalue weighted by Crippen LogP contribution is 2.08. The molecule has 0 bridgehead atoms. The largest absolute Gasteiger partial charge is 1.00 e. The lowest BCUT2D eigenvalue weighted by Gasteiger charge is -2.08. The van der Waals surface area contributed by atoms with Crippen molar-refractivity contribution in [3.05, 3.63) is 48.0 Å². The Bertz CT molecular complexity index is 443. The predicted molar refractivity (Wildman–Crippen MR) is 67.5 cm³/mol. The van der Waals surface area contributed by atoms with E-state index in [2.05, 4.69) is 55.5 Å². The summed E-state index contributed by atoms with van der Waals surface area (Å²) in [6.07, 6.45) is 7.10. The molecule has 1 atom stereocenters. The Hall–Kier alpha value is -1.48. The summed E-state index contributed by atoms with van der Waals surface area (Å²) in [5, 5.41) is 2.04. The molecule has 2 N–H and O–H groups in total. The first-order valence-electron chi connectivity index (χ1n) is 5.23. The monoisotopic (exact) mass is 289 g/mol. The minimum atomic E-state index is 0. The molecule has 17 heavy (non-hydrogen) atoms.